The summed E-state index contributed by atoms with van der Waals surface area (Å²) < 4.78 is 1.95. The van der Waals surface area contributed by atoms with Gasteiger partial charge < -0.3 is 14.6 Å². The van der Waals surface area contributed by atoms with Gasteiger partial charge in [0.15, 0.2) is 0 Å². The molecule has 1 saturated heterocycles. The number of aryl methyl sites for hydroxylation is 1. The summed E-state index contributed by atoms with van der Waals surface area (Å²) >= 11 is 6.03. The van der Waals surface area contributed by atoms with Crippen molar-refractivity contribution in [1.29, 1.82) is 0 Å². The quantitative estimate of drug-likeness (QED) is 0.751. The molecule has 1 aromatic carbocycles. The van der Waals surface area contributed by atoms with Crippen molar-refractivity contribution in [1.82, 2.24) is 19.2 Å². The molecule has 0 aliphatic carbocycles. The number of nitrogens with one attached hydrogen (secondary N) is 1. The highest BCUT2D eigenvalue weighted by molar-refractivity contribution is 6.30. The summed E-state index contributed by atoms with van der Waals surface area (Å²) in [7, 11) is 0. The van der Waals surface area contributed by atoms with Crippen LogP contribution in [0.4, 0.5) is 10.5 Å². The average molecular weight is 384 g/mol. The van der Waals surface area contributed by atoms with Gasteiger partial charge in [0, 0.05) is 50.8 Å². The molecule has 140 valence electrons. The third-order valence-corrected chi connectivity index (χ3v) is 5.00. The Bertz CT molecular complexity index is 962. The molecule has 1 aliphatic heterocycles. The fraction of sp³-hybridized carbons (Fsp3) is 0.300. The minimum absolute atomic E-state index is 0.0392. The number of urea groups is 1. The van der Waals surface area contributed by atoms with Crippen LogP contribution in [-0.2, 0) is 6.54 Å². The Morgan fingerprint density at radius 2 is 1.96 bits per heavy atom. The van der Waals surface area contributed by atoms with Crippen LogP contribution in [0.1, 0.15) is 11.3 Å². The predicted octanol–water partition coefficient (Wildman–Crippen LogP) is 3.65. The molecule has 0 atom stereocenters. The summed E-state index contributed by atoms with van der Waals surface area (Å²) in [6.45, 7) is 5.85. The van der Waals surface area contributed by atoms with Gasteiger partial charge in [-0.1, -0.05) is 23.7 Å². The molecule has 0 radical (unpaired) electrons. The Hall–Kier alpha value is -2.57. The fourth-order valence-electron chi connectivity index (χ4n) is 3.36. The topological polar surface area (TPSA) is 52.9 Å². The molecule has 0 spiro atoms. The van der Waals surface area contributed by atoms with E-state index in [1.165, 1.54) is 0 Å². The van der Waals surface area contributed by atoms with Gasteiger partial charge in [-0.2, -0.15) is 0 Å². The molecule has 0 unspecified atom stereocenters. The van der Waals surface area contributed by atoms with Crippen LogP contribution >= 0.6 is 11.6 Å². The van der Waals surface area contributed by atoms with Gasteiger partial charge in [0.25, 0.3) is 0 Å². The molecular formula is C20H22ClN5O. The number of imidazole rings is 1. The molecule has 3 aromatic rings. The number of carbonyl (C=O) groups excluding carboxylic acids is 1. The molecule has 1 fully saturated rings. The van der Waals surface area contributed by atoms with Crippen molar-refractivity contribution in [3.05, 3.63) is 65.1 Å². The van der Waals surface area contributed by atoms with Crippen LogP contribution in [0.25, 0.3) is 5.65 Å². The lowest BCUT2D eigenvalue weighted by molar-refractivity contribution is 0.142. The van der Waals surface area contributed by atoms with Gasteiger partial charge in [-0.25, -0.2) is 9.78 Å². The third-order valence-electron chi connectivity index (χ3n) is 4.78. The standard InChI is InChI=1S/C20H22ClN5O/c1-15-3-2-4-17(11-15)23-20(27)25-9-7-24(8-10-25)13-18-14-26-12-16(21)5-6-19(26)22-18/h2-6,11-12,14H,7-10,13H2,1H3,(H,23,27). The zero-order valence-electron chi connectivity index (χ0n) is 15.2. The highest BCUT2D eigenvalue weighted by Crippen LogP contribution is 2.15. The first-order chi connectivity index (χ1) is 13.1. The lowest BCUT2D eigenvalue weighted by atomic mass is 10.2. The highest BCUT2D eigenvalue weighted by Gasteiger charge is 2.21. The molecule has 3 heterocycles. The van der Waals surface area contributed by atoms with E-state index in [4.69, 9.17) is 11.6 Å². The van der Waals surface area contributed by atoms with Crippen molar-refractivity contribution in [2.75, 3.05) is 31.5 Å². The second kappa shape index (κ2) is 7.58. The van der Waals surface area contributed by atoms with Crippen molar-refractivity contribution in [3.8, 4) is 0 Å². The molecule has 2 aromatic heterocycles. The molecule has 27 heavy (non-hydrogen) atoms. The second-order valence-electron chi connectivity index (χ2n) is 6.91. The monoisotopic (exact) mass is 383 g/mol. The fourth-order valence-corrected chi connectivity index (χ4v) is 3.53. The van der Waals surface area contributed by atoms with Crippen LogP contribution in [0, 0.1) is 6.92 Å². The maximum absolute atomic E-state index is 12.5. The van der Waals surface area contributed by atoms with Gasteiger partial charge in [-0.05, 0) is 36.8 Å². The van der Waals surface area contributed by atoms with Crippen LogP contribution in [0.3, 0.4) is 0 Å². The maximum atomic E-state index is 12.5. The van der Waals surface area contributed by atoms with Crippen LogP contribution < -0.4 is 5.32 Å². The van der Waals surface area contributed by atoms with Gasteiger partial charge in [0.1, 0.15) is 5.65 Å². The van der Waals surface area contributed by atoms with Gasteiger partial charge in [-0.3, -0.25) is 4.90 Å². The van der Waals surface area contributed by atoms with Crippen molar-refractivity contribution in [2.24, 2.45) is 0 Å². The predicted molar refractivity (Wildman–Crippen MR) is 107 cm³/mol. The Labute approximate surface area is 163 Å². The van der Waals surface area contributed by atoms with Crippen molar-refractivity contribution >= 4 is 29.0 Å². The number of nitrogens with zero attached hydrogens (tertiary/aromatic N) is 4. The molecule has 6 nitrogen and oxygen atoms in total. The minimum atomic E-state index is -0.0392. The zero-order valence-corrected chi connectivity index (χ0v) is 16.0. The number of benzene rings is 1. The van der Waals surface area contributed by atoms with E-state index < -0.39 is 0 Å². The lowest BCUT2D eigenvalue weighted by Crippen LogP contribution is -2.49. The summed E-state index contributed by atoms with van der Waals surface area (Å²) in [6.07, 6.45) is 3.87. The molecule has 0 saturated carbocycles. The van der Waals surface area contributed by atoms with E-state index in [-0.39, 0.29) is 6.03 Å². The number of halogens is 1. The number of aromatic nitrogens is 2. The number of rotatable bonds is 3. The Kier molecular flexibility index (Phi) is 5.01. The first-order valence-electron chi connectivity index (χ1n) is 9.05. The Morgan fingerprint density at radius 1 is 1.15 bits per heavy atom. The largest absolute Gasteiger partial charge is 0.322 e. The summed E-state index contributed by atoms with van der Waals surface area (Å²) in [6, 6.07) is 11.6. The number of hydrogen-bond acceptors (Lipinski definition) is 3. The van der Waals surface area contributed by atoms with Crippen LogP contribution in [0.2, 0.25) is 5.02 Å². The van der Waals surface area contributed by atoms with Crippen molar-refractivity contribution in [3.63, 3.8) is 0 Å². The van der Waals surface area contributed by atoms with Gasteiger partial charge in [-0.15, -0.1) is 0 Å². The Morgan fingerprint density at radius 3 is 2.74 bits per heavy atom. The van der Waals surface area contributed by atoms with E-state index in [2.05, 4.69) is 15.2 Å². The number of anilines is 1. The average Bonchev–Trinajstić information content (AvgIpc) is 3.03. The first kappa shape index (κ1) is 17.8. The van der Waals surface area contributed by atoms with Crippen LogP contribution in [0.15, 0.2) is 48.8 Å². The molecule has 7 heteroatoms. The van der Waals surface area contributed by atoms with Gasteiger partial charge in [0.05, 0.1) is 10.7 Å². The number of carbonyl (C=O) groups is 1. The third kappa shape index (κ3) is 4.23. The van der Waals surface area contributed by atoms with E-state index in [1.54, 1.807) is 0 Å². The first-order valence-corrected chi connectivity index (χ1v) is 9.43. The van der Waals surface area contributed by atoms with E-state index in [0.717, 1.165) is 42.2 Å². The number of hydrogen-bond donors (Lipinski definition) is 1. The molecule has 2 amide bonds. The van der Waals surface area contributed by atoms with Crippen LogP contribution in [-0.4, -0.2) is 51.4 Å². The second-order valence-corrected chi connectivity index (χ2v) is 7.34. The number of fused-ring (bicyclic) bond motifs is 1. The Balaban J connectivity index is 1.32. The summed E-state index contributed by atoms with van der Waals surface area (Å²) in [5, 5.41) is 3.67. The van der Waals surface area contributed by atoms with Gasteiger partial charge >= 0.3 is 6.03 Å². The smallest absolute Gasteiger partial charge is 0.321 e. The number of amides is 2. The van der Waals surface area contributed by atoms with E-state index >= 15 is 0 Å². The lowest BCUT2D eigenvalue weighted by Gasteiger charge is -2.34. The molecule has 1 N–H and O–H groups in total. The number of piperazine rings is 1. The van der Waals surface area contributed by atoms with Crippen LogP contribution in [0.5, 0.6) is 0 Å². The maximum Gasteiger partial charge on any atom is 0.321 e. The molecule has 4 rings (SSSR count). The number of pyridine rings is 1. The molecular weight excluding hydrogens is 362 g/mol. The van der Waals surface area contributed by atoms with E-state index in [1.807, 2.05) is 65.0 Å². The van der Waals surface area contributed by atoms with E-state index in [0.29, 0.717) is 18.1 Å². The van der Waals surface area contributed by atoms with Gasteiger partial charge in [0.2, 0.25) is 0 Å². The van der Waals surface area contributed by atoms with Crippen molar-refractivity contribution in [2.45, 2.75) is 13.5 Å². The summed E-state index contributed by atoms with van der Waals surface area (Å²) in [4.78, 5) is 21.3. The summed E-state index contributed by atoms with van der Waals surface area (Å²) in [5.41, 5.74) is 3.87. The molecule has 0 bridgehead atoms. The zero-order chi connectivity index (χ0) is 18.8. The SMILES string of the molecule is Cc1cccc(NC(=O)N2CCN(Cc3cn4cc(Cl)ccc4n3)CC2)c1. The molecule has 1 aliphatic rings. The normalized spacial score (nSPS) is 15.3. The minimum Gasteiger partial charge on any atom is -0.322 e. The van der Waals surface area contributed by atoms with Crippen molar-refractivity contribution < 1.29 is 4.79 Å². The summed E-state index contributed by atoms with van der Waals surface area (Å²) in [5.74, 6) is 0. The van der Waals surface area contributed by atoms with E-state index in [9.17, 15) is 4.79 Å². The highest BCUT2D eigenvalue weighted by atomic mass is 35.5.